The molecular weight excluding hydrogens is 318 g/mol. The molecule has 8 nitrogen and oxygen atoms in total. The fourth-order valence-corrected chi connectivity index (χ4v) is 1.30. The van der Waals surface area contributed by atoms with Crippen molar-refractivity contribution in [2.24, 2.45) is 5.73 Å². The lowest BCUT2D eigenvalue weighted by Crippen LogP contribution is -2.29. The molecule has 0 aliphatic heterocycles. The van der Waals surface area contributed by atoms with E-state index in [1.807, 2.05) is 0 Å². The van der Waals surface area contributed by atoms with E-state index in [0.29, 0.717) is 0 Å². The van der Waals surface area contributed by atoms with Gasteiger partial charge in [-0.3, -0.25) is 0 Å². The van der Waals surface area contributed by atoms with E-state index in [-0.39, 0.29) is 32.1 Å². The van der Waals surface area contributed by atoms with Crippen LogP contribution < -0.4 is 5.73 Å². The Hall–Kier alpha value is -2.61. The van der Waals surface area contributed by atoms with Gasteiger partial charge in [-0.2, -0.15) is 0 Å². The van der Waals surface area contributed by atoms with Gasteiger partial charge in [0.15, 0.2) is 0 Å². The molecule has 0 rings (SSSR count). The summed E-state index contributed by atoms with van der Waals surface area (Å²) in [5.41, 5.74) is 5.51. The van der Waals surface area contributed by atoms with E-state index in [9.17, 15) is 14.4 Å². The summed E-state index contributed by atoms with van der Waals surface area (Å²) in [5, 5.41) is 0. The van der Waals surface area contributed by atoms with Crippen LogP contribution in [0.3, 0.4) is 0 Å². The van der Waals surface area contributed by atoms with Gasteiger partial charge in [0.2, 0.25) is 0 Å². The highest BCUT2D eigenvalue weighted by molar-refractivity contribution is 5.91. The molecule has 0 aliphatic carbocycles. The number of carbonyl (C=O) groups is 3. The van der Waals surface area contributed by atoms with E-state index in [1.165, 1.54) is 6.08 Å². The molecule has 0 aromatic rings. The third kappa shape index (κ3) is 11.0. The van der Waals surface area contributed by atoms with Gasteiger partial charge < -0.3 is 24.7 Å². The third-order valence-corrected chi connectivity index (χ3v) is 2.33. The van der Waals surface area contributed by atoms with Crippen LogP contribution in [0.4, 0.5) is 0 Å². The molecule has 0 bridgehead atoms. The lowest BCUT2D eigenvalue weighted by atomic mass is 10.3. The zero-order valence-corrected chi connectivity index (χ0v) is 13.9. The minimum Gasteiger partial charge on any atom is -0.486 e. The number of hydrogen-bond acceptors (Lipinski definition) is 8. The quantitative estimate of drug-likeness (QED) is 0.191. The Morgan fingerprint density at radius 2 is 1.38 bits per heavy atom. The minimum atomic E-state index is -0.738. The maximum atomic E-state index is 11.4. The Labute approximate surface area is 140 Å². The molecule has 0 heterocycles. The summed E-state index contributed by atoms with van der Waals surface area (Å²) in [7, 11) is 0. The highest BCUT2D eigenvalue weighted by Crippen LogP contribution is 2.03. The van der Waals surface area contributed by atoms with E-state index in [1.54, 1.807) is 13.8 Å². The summed E-state index contributed by atoms with van der Waals surface area (Å²) in [4.78, 5) is 33.6. The molecule has 0 amide bonds. The van der Waals surface area contributed by atoms with E-state index in [4.69, 9.17) is 19.9 Å². The summed E-state index contributed by atoms with van der Waals surface area (Å²) in [5.74, 6) is -1.74. The van der Waals surface area contributed by atoms with E-state index in [0.717, 1.165) is 18.2 Å². The predicted octanol–water partition coefficient (Wildman–Crippen LogP) is 0.626. The van der Waals surface area contributed by atoms with Crippen molar-refractivity contribution in [1.82, 2.24) is 0 Å². The van der Waals surface area contributed by atoms with Crippen molar-refractivity contribution in [1.29, 1.82) is 0 Å². The van der Waals surface area contributed by atoms with Crippen LogP contribution in [-0.2, 0) is 33.3 Å². The van der Waals surface area contributed by atoms with Gasteiger partial charge in [-0.25, -0.2) is 14.4 Å². The summed E-state index contributed by atoms with van der Waals surface area (Å²) in [6.07, 6.45) is 3.74. The Kier molecular flexibility index (Phi) is 11.5. The number of carbonyl (C=O) groups excluding carboxylic acids is 3. The fraction of sp³-hybridized carbons (Fsp3) is 0.438. The van der Waals surface area contributed by atoms with Crippen LogP contribution in [0.5, 0.6) is 0 Å². The molecule has 2 N–H and O–H groups in total. The zero-order chi connectivity index (χ0) is 18.4. The van der Waals surface area contributed by atoms with Crippen LogP contribution in [-0.4, -0.2) is 50.4 Å². The molecule has 1 unspecified atom stereocenters. The number of rotatable bonds is 11. The topological polar surface area (TPSA) is 114 Å². The first-order valence-corrected chi connectivity index (χ1v) is 7.34. The normalized spacial score (nSPS) is 12.0. The predicted molar refractivity (Wildman–Crippen MR) is 85.6 cm³/mol. The summed E-state index contributed by atoms with van der Waals surface area (Å²) in [6.45, 7) is 7.31. The van der Waals surface area contributed by atoms with Gasteiger partial charge in [0.25, 0.3) is 0 Å². The number of esters is 3. The second kappa shape index (κ2) is 12.9. The van der Waals surface area contributed by atoms with Crippen molar-refractivity contribution < 1.29 is 33.3 Å². The van der Waals surface area contributed by atoms with E-state index < -0.39 is 24.0 Å². The van der Waals surface area contributed by atoms with Gasteiger partial charge in [-0.15, -0.1) is 0 Å². The third-order valence-electron chi connectivity index (χ3n) is 2.33. The SMILES string of the molecule is C=C(/C=C/C(=O)OCC)OC(CN)COC(=O)/C=C/C(=O)OCC. The first-order valence-electron chi connectivity index (χ1n) is 7.34. The summed E-state index contributed by atoms with van der Waals surface area (Å²) >= 11 is 0. The Morgan fingerprint density at radius 3 is 1.83 bits per heavy atom. The number of allylic oxidation sites excluding steroid dienone is 1. The summed E-state index contributed by atoms with van der Waals surface area (Å²) < 4.78 is 19.6. The van der Waals surface area contributed by atoms with Crippen molar-refractivity contribution in [3.8, 4) is 0 Å². The smallest absolute Gasteiger partial charge is 0.331 e. The van der Waals surface area contributed by atoms with Crippen molar-refractivity contribution >= 4 is 17.9 Å². The number of hydrogen-bond donors (Lipinski definition) is 1. The molecule has 0 aliphatic rings. The van der Waals surface area contributed by atoms with Gasteiger partial charge in [-0.05, 0) is 19.9 Å². The number of nitrogens with two attached hydrogens (primary N) is 1. The van der Waals surface area contributed by atoms with Crippen molar-refractivity contribution in [3.63, 3.8) is 0 Å². The highest BCUT2D eigenvalue weighted by Gasteiger charge is 2.11. The molecule has 24 heavy (non-hydrogen) atoms. The molecule has 0 saturated heterocycles. The maximum absolute atomic E-state index is 11.4. The van der Waals surface area contributed by atoms with Crippen LogP contribution in [0.2, 0.25) is 0 Å². The van der Waals surface area contributed by atoms with Crippen LogP contribution in [0, 0.1) is 0 Å². The molecule has 0 aromatic heterocycles. The number of ether oxygens (including phenoxy) is 4. The molecule has 8 heteroatoms. The van der Waals surface area contributed by atoms with Crippen LogP contribution in [0.25, 0.3) is 0 Å². The molecule has 134 valence electrons. The Morgan fingerprint density at radius 1 is 0.917 bits per heavy atom. The van der Waals surface area contributed by atoms with Crippen LogP contribution in [0.1, 0.15) is 13.8 Å². The average molecular weight is 341 g/mol. The highest BCUT2D eigenvalue weighted by atomic mass is 16.6. The van der Waals surface area contributed by atoms with Crippen LogP contribution in [0.15, 0.2) is 36.6 Å². The van der Waals surface area contributed by atoms with Crippen molar-refractivity contribution in [2.45, 2.75) is 20.0 Å². The fourth-order valence-electron chi connectivity index (χ4n) is 1.30. The van der Waals surface area contributed by atoms with E-state index in [2.05, 4.69) is 11.3 Å². The van der Waals surface area contributed by atoms with Crippen molar-refractivity contribution in [2.75, 3.05) is 26.4 Å². The molecule has 0 radical (unpaired) electrons. The second-order valence-electron chi connectivity index (χ2n) is 4.24. The Bertz CT molecular complexity index is 497. The van der Waals surface area contributed by atoms with E-state index >= 15 is 0 Å². The lowest BCUT2D eigenvalue weighted by molar-refractivity contribution is -0.142. The molecule has 0 saturated carbocycles. The van der Waals surface area contributed by atoms with Crippen molar-refractivity contribution in [3.05, 3.63) is 36.6 Å². The first kappa shape index (κ1) is 21.4. The van der Waals surface area contributed by atoms with Gasteiger partial charge in [0.05, 0.1) is 13.2 Å². The first-order chi connectivity index (χ1) is 11.4. The average Bonchev–Trinajstić information content (AvgIpc) is 2.55. The van der Waals surface area contributed by atoms with Crippen LogP contribution >= 0.6 is 0 Å². The Balaban J connectivity index is 4.27. The molecule has 0 fully saturated rings. The standard InChI is InChI=1S/C16H23NO7/c1-4-21-14(18)7-6-12(3)24-13(10-17)11-23-16(20)9-8-15(19)22-5-2/h6-9,13H,3-5,10-11,17H2,1-2H3/b7-6+,9-8+. The molecule has 0 spiro atoms. The zero-order valence-electron chi connectivity index (χ0n) is 13.9. The van der Waals surface area contributed by atoms with Gasteiger partial charge in [0, 0.05) is 24.8 Å². The molecular formula is C16H23NO7. The summed E-state index contributed by atoms with van der Waals surface area (Å²) in [6, 6.07) is 0. The minimum absolute atomic E-state index is 0.0567. The van der Waals surface area contributed by atoms with Gasteiger partial charge in [-0.1, -0.05) is 6.58 Å². The second-order valence-corrected chi connectivity index (χ2v) is 4.24. The molecule has 1 atom stereocenters. The maximum Gasteiger partial charge on any atom is 0.331 e. The largest absolute Gasteiger partial charge is 0.486 e. The monoisotopic (exact) mass is 341 g/mol. The van der Waals surface area contributed by atoms with Gasteiger partial charge in [0.1, 0.15) is 18.5 Å². The van der Waals surface area contributed by atoms with Gasteiger partial charge >= 0.3 is 17.9 Å². The molecule has 0 aromatic carbocycles. The lowest BCUT2D eigenvalue weighted by Gasteiger charge is -2.16.